The van der Waals surface area contributed by atoms with Crippen LogP contribution in [0.2, 0.25) is 0 Å². The Hall–Kier alpha value is -4.89. The molecule has 0 aliphatic carbocycles. The Morgan fingerprint density at radius 1 is 0.547 bits per heavy atom. The Morgan fingerprint density at radius 3 is 1.16 bits per heavy atom. The van der Waals surface area contributed by atoms with Crippen LogP contribution in [0.1, 0.15) is 141 Å². The molecule has 4 saturated heterocycles. The minimum absolute atomic E-state index is 0. The Balaban J connectivity index is 0.000000383. The van der Waals surface area contributed by atoms with E-state index in [1.165, 1.54) is 52.4 Å². The molecular formula is C53H80BIN8O22U. The van der Waals surface area contributed by atoms with Crippen LogP contribution in [0, 0.1) is 42.9 Å². The van der Waals surface area contributed by atoms with E-state index in [0.29, 0.717) is 25.1 Å². The van der Waals surface area contributed by atoms with Crippen molar-refractivity contribution in [2.75, 3.05) is 17.6 Å². The van der Waals surface area contributed by atoms with Gasteiger partial charge in [-0.2, -0.15) is 0 Å². The fourth-order valence-corrected chi connectivity index (χ4v) is 9.76. The molecule has 8 heterocycles. The van der Waals surface area contributed by atoms with E-state index in [4.69, 9.17) is 40.0 Å². The van der Waals surface area contributed by atoms with Crippen LogP contribution in [0.25, 0.3) is 0 Å². The first-order chi connectivity index (χ1) is 40.8. The van der Waals surface area contributed by atoms with E-state index in [2.05, 4.69) is 62.8 Å². The topological polar surface area (TPSA) is 452 Å². The van der Waals surface area contributed by atoms with Crippen LogP contribution in [-0.2, 0) is 51.1 Å². The number of nitrogens with zero attached hydrogens (tertiary/aromatic N) is 2. The maximum Gasteiger partial charge on any atom is 0.328 e. The van der Waals surface area contributed by atoms with Gasteiger partial charge in [0.2, 0.25) is 0 Å². The van der Waals surface area contributed by atoms with Gasteiger partial charge < -0.3 is 78.2 Å². The smallest absolute Gasteiger partial charge is 0.328 e. The van der Waals surface area contributed by atoms with Gasteiger partial charge >= 0.3 is 34.7 Å². The number of H-pyrrole nitrogens is 6. The zero-order chi connectivity index (χ0) is 64.9. The third kappa shape index (κ3) is 19.8. The van der Waals surface area contributed by atoms with E-state index in [1.807, 2.05) is 46.5 Å². The molecule has 8 rings (SSSR count). The summed E-state index contributed by atoms with van der Waals surface area (Å²) in [6, 6.07) is 0. The van der Waals surface area contributed by atoms with Gasteiger partial charge in [0.25, 0.3) is 22.2 Å². The molecule has 4 fully saturated rings. The number of nitrogens with one attached hydrogen (secondary N) is 6. The Labute approximate surface area is 532 Å². The fourth-order valence-electron chi connectivity index (χ4n) is 9.76. The maximum atomic E-state index is 12.2. The van der Waals surface area contributed by atoms with E-state index >= 15 is 0 Å². The summed E-state index contributed by atoms with van der Waals surface area (Å²) in [5.41, 5.74) is -3.99. The van der Waals surface area contributed by atoms with Crippen molar-refractivity contribution in [3.63, 3.8) is 0 Å². The van der Waals surface area contributed by atoms with Crippen molar-refractivity contribution in [1.82, 2.24) is 39.0 Å². The molecule has 4 aliphatic heterocycles. The van der Waals surface area contributed by atoms with E-state index in [0.717, 1.165) is 25.5 Å². The summed E-state index contributed by atoms with van der Waals surface area (Å²) >= 11 is 2.35. The molecule has 0 saturated carbocycles. The van der Waals surface area contributed by atoms with Crippen LogP contribution in [0.4, 0.5) is 0 Å². The number of alkyl halides is 1. The number of carbonyl (C=O) groups excluding carboxylic acids is 2. The number of halogens is 1. The van der Waals surface area contributed by atoms with Crippen molar-refractivity contribution in [2.45, 2.75) is 193 Å². The fraction of sp³-hybridized carbons (Fsp3) is 0.660. The number of aromatic amines is 6. The molecular weight excluding hydrogens is 1480 g/mol. The molecule has 0 bridgehead atoms. The summed E-state index contributed by atoms with van der Waals surface area (Å²) in [7, 11) is 3.75. The van der Waals surface area contributed by atoms with Crippen molar-refractivity contribution in [3.05, 3.63) is 130 Å². The van der Waals surface area contributed by atoms with E-state index in [-0.39, 0.29) is 71.8 Å². The molecule has 4 aliphatic rings. The van der Waals surface area contributed by atoms with Crippen molar-refractivity contribution in [3.8, 4) is 0 Å². The molecule has 0 amide bonds. The minimum Gasteiger partial charge on any atom is -0.459 e. The Morgan fingerprint density at radius 2 is 0.860 bits per heavy atom. The summed E-state index contributed by atoms with van der Waals surface area (Å²) in [6.07, 6.45) is -2.37. The van der Waals surface area contributed by atoms with Crippen LogP contribution in [-0.4, -0.2) is 170 Å². The molecule has 4 aromatic rings. The quantitative estimate of drug-likeness (QED) is 0.0274. The molecule has 30 nitrogen and oxygen atoms in total. The second kappa shape index (κ2) is 36.6. The predicted octanol–water partition coefficient (Wildman–Crippen LogP) is -1.65. The van der Waals surface area contributed by atoms with E-state index in [9.17, 15) is 68.4 Å². The van der Waals surface area contributed by atoms with Crippen molar-refractivity contribution in [1.29, 1.82) is 1.34 Å². The van der Waals surface area contributed by atoms with Crippen LogP contribution in [0.15, 0.2) is 63.1 Å². The molecule has 33 heteroatoms. The van der Waals surface area contributed by atoms with E-state index < -0.39 is 143 Å². The van der Waals surface area contributed by atoms with Gasteiger partial charge in [-0.1, -0.05) is 71.1 Å². The van der Waals surface area contributed by atoms with E-state index in [1.54, 1.807) is 0 Å². The molecule has 16 atom stereocenters. The van der Waals surface area contributed by atoms with Gasteiger partial charge in [-0.05, 0) is 37.9 Å². The first-order valence-corrected chi connectivity index (χ1v) is 29.1. The summed E-state index contributed by atoms with van der Waals surface area (Å²) < 4.78 is 42.2. The van der Waals surface area contributed by atoms with Crippen LogP contribution in [0.5, 0.6) is 0 Å². The number of esters is 2. The third-order valence-corrected chi connectivity index (χ3v) is 15.1. The number of aliphatic hydroxyl groups excluding tert-OH is 6. The van der Waals surface area contributed by atoms with Gasteiger partial charge in [-0.3, -0.25) is 48.7 Å². The Bertz CT molecular complexity index is 3280. The number of hydrogen-bond acceptors (Lipinski definition) is 22. The van der Waals surface area contributed by atoms with Gasteiger partial charge in [-0.15, -0.1) is 0 Å². The average molecular weight is 1560 g/mol. The van der Waals surface area contributed by atoms with Crippen molar-refractivity contribution in [2.24, 2.45) is 11.8 Å². The molecule has 2 radical (unpaired) electrons. The second-order valence-corrected chi connectivity index (χ2v) is 21.3. The standard InChI is InChI=1S/C16H24N2O5.C13H18N2O5.C12H18N2O6.C9H12N2O6.C3H7I.BH.U/c1-5-7-18-8-11(15(20)17-16(18)21)14-13(22-10(4)19)9(3)12(6-2)23-14;1-4-9-6(2)10(19-7(3)16)11(20-9)8-5-14-13(18)15-12(8)17;1-2-3-14-4-6(11(18)13-12(14)19)10-9(17)8(16)7(5-15)20-10;12-2-4-5(13)6(14)7(17-4)3-1-10-9(16)11-8(3)15;1-2-3-4;;/h8-9,12-14H,5-7H2,1-4H3,(H,17,20,21);5-6,9-11H,4H2,1-3H3,(H2,14,15,17,18);4,7-10,15-17H,2-3,5H2,1H3,(H,13,18,19);1,4-7,12-14H,2H2,(H2,10,11,15,16);2-3H2,1H3;1H;/t9-,12-,13-,14+;6-,9-,10-,11+;7-,8-,9-,10+;4-,5-,6-,7+;;;/m1111.../s1/i;;;;;1D;. The number of ether oxygens (including phenoxy) is 6. The van der Waals surface area contributed by atoms with Gasteiger partial charge in [0.15, 0.2) is 0 Å². The number of carbonyl (C=O) groups is 2. The summed E-state index contributed by atoms with van der Waals surface area (Å²) in [5, 5.41) is 56.7. The molecule has 4 aromatic heterocycles. The van der Waals surface area contributed by atoms with Gasteiger partial charge in [-0.25, -0.2) is 19.2 Å². The summed E-state index contributed by atoms with van der Waals surface area (Å²) in [4.78, 5) is 129. The molecule has 12 N–H and O–H groups in total. The third-order valence-electron chi connectivity index (χ3n) is 14.1. The van der Waals surface area contributed by atoms with Crippen LogP contribution < -0.4 is 45.0 Å². The van der Waals surface area contributed by atoms with Gasteiger partial charge in [0.1, 0.15) is 73.2 Å². The number of aliphatic hydroxyl groups is 6. The number of hydrogen-bond donors (Lipinski definition) is 12. The molecule has 0 spiro atoms. The summed E-state index contributed by atoms with van der Waals surface area (Å²) in [6.45, 7) is 16.4. The summed E-state index contributed by atoms with van der Waals surface area (Å²) in [5.74, 6) is -0.890. The zero-order valence-electron chi connectivity index (χ0n) is 50.2. The molecule has 0 aromatic carbocycles. The largest absolute Gasteiger partial charge is 0.459 e. The number of aromatic nitrogens is 8. The predicted molar refractivity (Wildman–Crippen MR) is 314 cm³/mol. The SMILES string of the molecule is CCCI.CCCn1cc([C@@H]2O[C@H](CC)[C@@H](C)[C@H]2OC(C)=O)c(=O)[nH]c1=O.CCCn1cc([C@@H]2O[C@H](CO)[C@@H](O)[C@H]2O)c(=O)[nH]c1=O.CC[C@H]1O[C@@H](c2c[nH]c(=O)[nH]c2=O)[C@H](OC(C)=O)[C@@H]1C.O=c1[nH]cc([C@@H]2O[C@H](CO)[C@@H](O)[C@H]2O)c(=O)[nH]1.[2H][B].[U]. The maximum absolute atomic E-state index is 12.2. The molecule has 0 unspecified atom stereocenters. The van der Waals surface area contributed by atoms with Crippen molar-refractivity contribution < 1.29 is 99.8 Å². The average Bonchev–Trinajstić information content (AvgIpc) is 2.56. The number of rotatable bonds is 15. The van der Waals surface area contributed by atoms with Crippen LogP contribution >= 0.6 is 22.6 Å². The Kier molecular flexibility index (Phi) is 32.0. The van der Waals surface area contributed by atoms with Gasteiger partial charge in [0, 0.05) is 103 Å². The monoisotopic (exact) mass is 1560 g/mol. The number of aryl methyl sites for hydroxylation is 2. The second-order valence-electron chi connectivity index (χ2n) is 20.2. The first kappa shape index (κ1) is 75.4. The first-order valence-electron chi connectivity index (χ1n) is 28.1. The van der Waals surface area contributed by atoms with Crippen molar-refractivity contribution >= 4 is 42.9 Å². The van der Waals surface area contributed by atoms with Gasteiger partial charge in [0.05, 0.1) is 47.7 Å². The zero-order valence-corrected chi connectivity index (χ0v) is 55.5. The van der Waals surface area contributed by atoms with Crippen LogP contribution in [0.3, 0.4) is 0 Å². The molecule has 478 valence electrons. The normalized spacial score (nSPS) is 27.9. The minimum atomic E-state index is -1.33. The molecule has 86 heavy (non-hydrogen) atoms.